The average Bonchev–Trinajstić information content (AvgIpc) is 3.42. The number of nitrogen functional groups attached to an aromatic ring is 1. The Balaban J connectivity index is 1.55. The maximum atomic E-state index is 13.2. The minimum absolute atomic E-state index is 0.171. The second-order valence-corrected chi connectivity index (χ2v) is 10.7. The molecule has 4 aromatic rings. The Morgan fingerprint density at radius 2 is 1.88 bits per heavy atom. The van der Waals surface area contributed by atoms with E-state index in [2.05, 4.69) is 14.8 Å². The number of nitrogens with one attached hydrogen (secondary N) is 1. The normalized spacial score (nSPS) is 19.0. The fourth-order valence-corrected chi connectivity index (χ4v) is 5.97. The van der Waals surface area contributed by atoms with Crippen molar-refractivity contribution in [2.45, 2.75) is 49.6 Å². The highest BCUT2D eigenvalue weighted by Gasteiger charge is 2.25. The lowest BCUT2D eigenvalue weighted by Gasteiger charge is -2.26. The molecule has 178 valence electrons. The summed E-state index contributed by atoms with van der Waals surface area (Å²) in [6, 6.07) is 8.72. The van der Waals surface area contributed by atoms with Crippen molar-refractivity contribution in [3.8, 4) is 22.5 Å². The van der Waals surface area contributed by atoms with E-state index in [0.29, 0.717) is 37.0 Å². The molecular formula is C24H28N6O3S. The van der Waals surface area contributed by atoms with Crippen molar-refractivity contribution < 1.29 is 13.5 Å². The zero-order valence-corrected chi connectivity index (χ0v) is 20.0. The molecule has 1 aliphatic carbocycles. The van der Waals surface area contributed by atoms with Gasteiger partial charge in [0.1, 0.15) is 0 Å². The van der Waals surface area contributed by atoms with E-state index in [1.54, 1.807) is 29.2 Å². The SMILES string of the molecule is Cc1ccc(S(=O)(=O)NC2CCC(O)CC2)cc1-c1cnc2c(N)cc(-c3ccnn3C)cn12. The molecule has 1 aliphatic rings. The summed E-state index contributed by atoms with van der Waals surface area (Å²) in [5.41, 5.74) is 11.7. The summed E-state index contributed by atoms with van der Waals surface area (Å²) in [7, 11) is -1.85. The summed E-state index contributed by atoms with van der Waals surface area (Å²) >= 11 is 0. The number of benzene rings is 1. The Bertz CT molecular complexity index is 1470. The molecule has 0 saturated heterocycles. The fourth-order valence-electron chi connectivity index (χ4n) is 4.64. The van der Waals surface area contributed by atoms with E-state index >= 15 is 0 Å². The molecule has 9 nitrogen and oxygen atoms in total. The fraction of sp³-hybridized carbons (Fsp3) is 0.333. The third-order valence-electron chi connectivity index (χ3n) is 6.56. The lowest BCUT2D eigenvalue weighted by molar-refractivity contribution is 0.120. The first-order valence-corrected chi connectivity index (χ1v) is 12.8. The van der Waals surface area contributed by atoms with Crippen LogP contribution in [0.4, 0.5) is 5.69 Å². The molecule has 0 amide bonds. The molecule has 0 spiro atoms. The van der Waals surface area contributed by atoms with Gasteiger partial charge in [-0.3, -0.25) is 9.08 Å². The van der Waals surface area contributed by atoms with Crippen LogP contribution in [0.1, 0.15) is 31.2 Å². The summed E-state index contributed by atoms with van der Waals surface area (Å²) < 4.78 is 32.8. The maximum Gasteiger partial charge on any atom is 0.240 e. The molecule has 0 aliphatic heterocycles. The van der Waals surface area contributed by atoms with E-state index in [4.69, 9.17) is 5.73 Å². The smallest absolute Gasteiger partial charge is 0.240 e. The van der Waals surface area contributed by atoms with E-state index < -0.39 is 10.0 Å². The number of nitrogens with two attached hydrogens (primary N) is 1. The van der Waals surface area contributed by atoms with Gasteiger partial charge in [-0.2, -0.15) is 5.10 Å². The molecule has 3 heterocycles. The van der Waals surface area contributed by atoms with Crippen LogP contribution >= 0.6 is 0 Å². The predicted octanol–water partition coefficient (Wildman–Crippen LogP) is 2.87. The lowest BCUT2D eigenvalue weighted by Crippen LogP contribution is -2.38. The molecule has 34 heavy (non-hydrogen) atoms. The van der Waals surface area contributed by atoms with E-state index in [9.17, 15) is 13.5 Å². The number of aliphatic hydroxyl groups is 1. The number of rotatable bonds is 5. The zero-order chi connectivity index (χ0) is 24.0. The Kier molecular flexibility index (Phi) is 5.67. The van der Waals surface area contributed by atoms with Crippen LogP contribution in [0, 0.1) is 6.92 Å². The third-order valence-corrected chi connectivity index (χ3v) is 8.08. The van der Waals surface area contributed by atoms with Gasteiger partial charge >= 0.3 is 0 Å². The second-order valence-electron chi connectivity index (χ2n) is 8.96. The average molecular weight is 481 g/mol. The van der Waals surface area contributed by atoms with E-state index in [-0.39, 0.29) is 17.0 Å². The summed E-state index contributed by atoms with van der Waals surface area (Å²) in [6.07, 6.45) is 7.51. The first kappa shape index (κ1) is 22.6. The summed E-state index contributed by atoms with van der Waals surface area (Å²) in [6.45, 7) is 1.94. The molecule has 3 aromatic heterocycles. The van der Waals surface area contributed by atoms with Crippen LogP contribution in [0.15, 0.2) is 53.8 Å². The minimum Gasteiger partial charge on any atom is -0.396 e. The highest BCUT2D eigenvalue weighted by Crippen LogP contribution is 2.31. The Morgan fingerprint density at radius 3 is 2.59 bits per heavy atom. The number of pyridine rings is 1. The highest BCUT2D eigenvalue weighted by atomic mass is 32.2. The molecule has 1 aromatic carbocycles. The number of anilines is 1. The second kappa shape index (κ2) is 8.53. The van der Waals surface area contributed by atoms with Crippen LogP contribution < -0.4 is 10.5 Å². The van der Waals surface area contributed by atoms with Gasteiger partial charge in [0.05, 0.1) is 34.3 Å². The number of imidazole rings is 1. The molecule has 0 bridgehead atoms. The van der Waals surface area contributed by atoms with Crippen LogP contribution in [0.25, 0.3) is 28.2 Å². The first-order valence-electron chi connectivity index (χ1n) is 11.3. The van der Waals surface area contributed by atoms with Crippen molar-refractivity contribution in [2.75, 3.05) is 5.73 Å². The molecule has 5 rings (SSSR count). The largest absolute Gasteiger partial charge is 0.396 e. The first-order chi connectivity index (χ1) is 16.2. The number of hydrogen-bond donors (Lipinski definition) is 3. The van der Waals surface area contributed by atoms with Gasteiger partial charge in [0.25, 0.3) is 0 Å². The van der Waals surface area contributed by atoms with Gasteiger partial charge in [-0.1, -0.05) is 6.07 Å². The number of aromatic nitrogens is 4. The van der Waals surface area contributed by atoms with Crippen LogP contribution in [-0.2, 0) is 17.1 Å². The van der Waals surface area contributed by atoms with Crippen LogP contribution in [0.5, 0.6) is 0 Å². The Morgan fingerprint density at radius 1 is 1.12 bits per heavy atom. The molecule has 1 saturated carbocycles. The number of aliphatic hydroxyl groups excluding tert-OH is 1. The van der Waals surface area contributed by atoms with E-state index in [0.717, 1.165) is 28.1 Å². The quantitative estimate of drug-likeness (QED) is 0.403. The van der Waals surface area contributed by atoms with Gasteiger partial charge in [0.2, 0.25) is 10.0 Å². The van der Waals surface area contributed by atoms with Crippen molar-refractivity contribution in [2.24, 2.45) is 7.05 Å². The van der Waals surface area contributed by atoms with Gasteiger partial charge in [-0.25, -0.2) is 18.1 Å². The number of hydrogen-bond acceptors (Lipinski definition) is 6. The molecule has 10 heteroatoms. The van der Waals surface area contributed by atoms with Gasteiger partial charge in [-0.15, -0.1) is 0 Å². The van der Waals surface area contributed by atoms with Gasteiger partial charge in [-0.05, 0) is 62.4 Å². The topological polar surface area (TPSA) is 128 Å². The third kappa shape index (κ3) is 4.08. The van der Waals surface area contributed by atoms with Crippen molar-refractivity contribution in [3.05, 3.63) is 54.5 Å². The van der Waals surface area contributed by atoms with Gasteiger partial charge in [0, 0.05) is 36.6 Å². The number of fused-ring (bicyclic) bond motifs is 1. The van der Waals surface area contributed by atoms with Gasteiger partial charge in [0.15, 0.2) is 5.65 Å². The number of sulfonamides is 1. The van der Waals surface area contributed by atoms with Crippen LogP contribution in [0.3, 0.4) is 0 Å². The zero-order valence-electron chi connectivity index (χ0n) is 19.1. The van der Waals surface area contributed by atoms with E-state index in [1.807, 2.05) is 42.8 Å². The molecule has 0 radical (unpaired) electrons. The molecule has 4 N–H and O–H groups in total. The standard InChI is InChI=1S/C24H28N6O3S/c1-15-3-8-19(34(32,33)28-17-4-6-18(31)7-5-17)12-20(15)23-13-26-24-21(25)11-16(14-30(23)24)22-9-10-27-29(22)2/h3,8-14,17-18,28,31H,4-7,25H2,1-2H3. The van der Waals surface area contributed by atoms with Crippen molar-refractivity contribution in [1.29, 1.82) is 0 Å². The van der Waals surface area contributed by atoms with Crippen LogP contribution in [-0.4, -0.2) is 44.8 Å². The summed E-state index contributed by atoms with van der Waals surface area (Å²) in [4.78, 5) is 4.70. The van der Waals surface area contributed by atoms with Crippen molar-refractivity contribution in [1.82, 2.24) is 23.9 Å². The highest BCUT2D eigenvalue weighted by molar-refractivity contribution is 7.89. The molecule has 0 unspecified atom stereocenters. The molecular weight excluding hydrogens is 452 g/mol. The maximum absolute atomic E-state index is 13.2. The lowest BCUT2D eigenvalue weighted by atomic mass is 9.94. The van der Waals surface area contributed by atoms with Crippen molar-refractivity contribution >= 4 is 21.4 Å². The molecule has 1 fully saturated rings. The Labute approximate surface area is 198 Å². The predicted molar refractivity (Wildman–Crippen MR) is 131 cm³/mol. The van der Waals surface area contributed by atoms with Crippen molar-refractivity contribution in [3.63, 3.8) is 0 Å². The molecule has 0 atom stereocenters. The summed E-state index contributed by atoms with van der Waals surface area (Å²) in [5.74, 6) is 0. The monoisotopic (exact) mass is 480 g/mol. The number of nitrogens with zero attached hydrogens (tertiary/aromatic N) is 4. The Hall–Kier alpha value is -3.21. The summed E-state index contributed by atoms with van der Waals surface area (Å²) in [5, 5.41) is 14.0. The van der Waals surface area contributed by atoms with Gasteiger partial charge < -0.3 is 10.8 Å². The number of aryl methyl sites for hydroxylation is 2. The van der Waals surface area contributed by atoms with E-state index in [1.165, 1.54) is 0 Å². The van der Waals surface area contributed by atoms with Crippen LogP contribution in [0.2, 0.25) is 0 Å². The minimum atomic E-state index is -3.72.